The van der Waals surface area contributed by atoms with Crippen molar-refractivity contribution >= 4 is 17.6 Å². The normalized spacial score (nSPS) is 14.9. The fraction of sp³-hybridized carbons (Fsp3) is 0.619. The van der Waals surface area contributed by atoms with Crippen LogP contribution in [-0.2, 0) is 19.1 Å². The summed E-state index contributed by atoms with van der Waals surface area (Å²) in [5, 5.41) is 0. The lowest BCUT2D eigenvalue weighted by molar-refractivity contribution is -0.157. The molecule has 26 heavy (non-hydrogen) atoms. The maximum absolute atomic E-state index is 12.8. The minimum atomic E-state index is -1.04. The highest BCUT2D eigenvalue weighted by Crippen LogP contribution is 2.30. The molecule has 0 N–H and O–H groups in total. The van der Waals surface area contributed by atoms with Crippen LogP contribution in [0.2, 0.25) is 0 Å². The Bertz CT molecular complexity index is 534. The van der Waals surface area contributed by atoms with E-state index >= 15 is 0 Å². The van der Waals surface area contributed by atoms with Crippen molar-refractivity contribution in [1.82, 2.24) is 0 Å². The van der Waals surface area contributed by atoms with Gasteiger partial charge in [-0.25, -0.2) is 9.59 Å². The van der Waals surface area contributed by atoms with Crippen LogP contribution in [0.25, 0.3) is 0 Å². The molecule has 0 amide bonds. The number of esters is 2. The SMILES string of the molecule is CCCOC(=O)C(C(=O)OCCC)N(c1ccccc1)C1CCCCC1. The molecule has 0 radical (unpaired) electrons. The Kier molecular flexibility index (Phi) is 8.45. The summed E-state index contributed by atoms with van der Waals surface area (Å²) in [6.07, 6.45) is 6.78. The molecule has 0 aromatic heterocycles. The van der Waals surface area contributed by atoms with Gasteiger partial charge in [0.15, 0.2) is 0 Å². The summed E-state index contributed by atoms with van der Waals surface area (Å²) < 4.78 is 10.7. The second kappa shape index (κ2) is 10.8. The van der Waals surface area contributed by atoms with Gasteiger partial charge in [0.25, 0.3) is 0 Å². The molecule has 1 saturated carbocycles. The van der Waals surface area contributed by atoms with Gasteiger partial charge in [0, 0.05) is 11.7 Å². The van der Waals surface area contributed by atoms with Crippen LogP contribution in [0.5, 0.6) is 0 Å². The highest BCUT2D eigenvalue weighted by atomic mass is 16.6. The zero-order chi connectivity index (χ0) is 18.8. The predicted molar refractivity (Wildman–Crippen MR) is 102 cm³/mol. The standard InChI is InChI=1S/C21H31NO4/c1-3-15-25-20(23)19(21(24)26-16-4-2)22(17-11-7-5-8-12-17)18-13-9-6-10-14-18/h5,7-8,11-12,18-19H,3-4,6,9-10,13-16H2,1-2H3. The Hall–Kier alpha value is -2.04. The molecule has 1 aliphatic rings. The van der Waals surface area contributed by atoms with E-state index in [0.29, 0.717) is 13.2 Å². The Labute approximate surface area is 156 Å². The number of anilines is 1. The van der Waals surface area contributed by atoms with Crippen molar-refractivity contribution in [2.75, 3.05) is 18.1 Å². The van der Waals surface area contributed by atoms with E-state index in [1.807, 2.05) is 49.1 Å². The Balaban J connectivity index is 2.34. The third-order valence-corrected chi connectivity index (χ3v) is 4.64. The van der Waals surface area contributed by atoms with Crippen molar-refractivity contribution in [2.24, 2.45) is 0 Å². The number of para-hydroxylation sites is 1. The van der Waals surface area contributed by atoms with Crippen LogP contribution in [0.15, 0.2) is 30.3 Å². The van der Waals surface area contributed by atoms with Crippen LogP contribution in [0, 0.1) is 0 Å². The van der Waals surface area contributed by atoms with E-state index in [9.17, 15) is 9.59 Å². The van der Waals surface area contributed by atoms with E-state index in [4.69, 9.17) is 9.47 Å². The molecule has 0 saturated heterocycles. The number of hydrogen-bond donors (Lipinski definition) is 0. The van der Waals surface area contributed by atoms with Crippen molar-refractivity contribution in [3.8, 4) is 0 Å². The number of carbonyl (C=O) groups excluding carboxylic acids is 2. The van der Waals surface area contributed by atoms with Gasteiger partial charge >= 0.3 is 11.9 Å². The molecule has 1 aromatic carbocycles. The maximum Gasteiger partial charge on any atom is 0.340 e. The minimum absolute atomic E-state index is 0.138. The molecule has 144 valence electrons. The predicted octanol–water partition coefficient (Wildman–Crippen LogP) is 4.10. The second-order valence-electron chi connectivity index (χ2n) is 6.77. The van der Waals surface area contributed by atoms with Gasteiger partial charge in [0.05, 0.1) is 13.2 Å². The first-order chi connectivity index (χ1) is 12.7. The lowest BCUT2D eigenvalue weighted by atomic mass is 9.92. The van der Waals surface area contributed by atoms with E-state index < -0.39 is 18.0 Å². The zero-order valence-corrected chi connectivity index (χ0v) is 16.0. The Morgan fingerprint density at radius 2 is 1.50 bits per heavy atom. The van der Waals surface area contributed by atoms with E-state index in [1.165, 1.54) is 6.42 Å². The van der Waals surface area contributed by atoms with Gasteiger partial charge in [-0.15, -0.1) is 0 Å². The fourth-order valence-corrected chi connectivity index (χ4v) is 3.42. The topological polar surface area (TPSA) is 55.8 Å². The van der Waals surface area contributed by atoms with Gasteiger partial charge in [-0.05, 0) is 37.8 Å². The average molecular weight is 361 g/mol. The second-order valence-corrected chi connectivity index (χ2v) is 6.77. The molecule has 5 heteroatoms. The smallest absolute Gasteiger partial charge is 0.340 e. The molecule has 1 aliphatic carbocycles. The van der Waals surface area contributed by atoms with E-state index in [2.05, 4.69) is 0 Å². The molecule has 5 nitrogen and oxygen atoms in total. The lowest BCUT2D eigenvalue weighted by Crippen LogP contribution is -2.54. The van der Waals surface area contributed by atoms with Gasteiger partial charge in [0.2, 0.25) is 6.04 Å². The van der Waals surface area contributed by atoms with Crippen molar-refractivity contribution in [1.29, 1.82) is 0 Å². The molecule has 1 aromatic rings. The molecule has 1 fully saturated rings. The van der Waals surface area contributed by atoms with Gasteiger partial charge in [-0.2, -0.15) is 0 Å². The highest BCUT2D eigenvalue weighted by Gasteiger charge is 2.40. The van der Waals surface area contributed by atoms with Crippen molar-refractivity contribution in [2.45, 2.75) is 70.9 Å². The lowest BCUT2D eigenvalue weighted by Gasteiger charge is -2.39. The zero-order valence-electron chi connectivity index (χ0n) is 16.0. The van der Waals surface area contributed by atoms with E-state index in [-0.39, 0.29) is 6.04 Å². The van der Waals surface area contributed by atoms with Gasteiger partial charge < -0.3 is 14.4 Å². The third kappa shape index (κ3) is 5.48. The summed E-state index contributed by atoms with van der Waals surface area (Å²) in [5.74, 6) is -1.02. The van der Waals surface area contributed by atoms with Crippen molar-refractivity contribution < 1.29 is 19.1 Å². The number of rotatable bonds is 9. The highest BCUT2D eigenvalue weighted by molar-refractivity contribution is 6.02. The van der Waals surface area contributed by atoms with Gasteiger partial charge in [0.1, 0.15) is 0 Å². The van der Waals surface area contributed by atoms with Crippen LogP contribution in [0.3, 0.4) is 0 Å². The molecule has 0 atom stereocenters. The van der Waals surface area contributed by atoms with Gasteiger partial charge in [-0.1, -0.05) is 51.3 Å². The first-order valence-corrected chi connectivity index (χ1v) is 9.85. The molecular formula is C21H31NO4. The van der Waals surface area contributed by atoms with Crippen molar-refractivity contribution in [3.63, 3.8) is 0 Å². The maximum atomic E-state index is 12.8. The number of carbonyl (C=O) groups is 2. The largest absolute Gasteiger partial charge is 0.464 e. The summed E-state index contributed by atoms with van der Waals surface area (Å²) in [6.45, 7) is 4.49. The summed E-state index contributed by atoms with van der Waals surface area (Å²) in [4.78, 5) is 27.5. The molecule has 0 spiro atoms. The molecule has 0 unspecified atom stereocenters. The number of benzene rings is 1. The Morgan fingerprint density at radius 1 is 0.962 bits per heavy atom. The molecular weight excluding hydrogens is 330 g/mol. The average Bonchev–Trinajstić information content (AvgIpc) is 2.69. The van der Waals surface area contributed by atoms with Crippen LogP contribution >= 0.6 is 0 Å². The van der Waals surface area contributed by atoms with Crippen LogP contribution in [0.1, 0.15) is 58.8 Å². The summed E-state index contributed by atoms with van der Waals surface area (Å²) >= 11 is 0. The molecule has 0 aliphatic heterocycles. The summed E-state index contributed by atoms with van der Waals surface area (Å²) in [7, 11) is 0. The van der Waals surface area contributed by atoms with Gasteiger partial charge in [-0.3, -0.25) is 0 Å². The number of nitrogens with zero attached hydrogens (tertiary/aromatic N) is 1. The first-order valence-electron chi connectivity index (χ1n) is 9.85. The van der Waals surface area contributed by atoms with E-state index in [1.54, 1.807) is 0 Å². The van der Waals surface area contributed by atoms with Crippen LogP contribution in [-0.4, -0.2) is 37.2 Å². The first kappa shape index (κ1) is 20.3. The summed E-state index contributed by atoms with van der Waals surface area (Å²) in [5.41, 5.74) is 0.867. The molecule has 0 bridgehead atoms. The number of hydrogen-bond acceptors (Lipinski definition) is 5. The minimum Gasteiger partial charge on any atom is -0.464 e. The van der Waals surface area contributed by atoms with Crippen molar-refractivity contribution in [3.05, 3.63) is 30.3 Å². The van der Waals surface area contributed by atoms with Crippen LogP contribution in [0.4, 0.5) is 5.69 Å². The quantitative estimate of drug-likeness (QED) is 0.489. The fourth-order valence-electron chi connectivity index (χ4n) is 3.42. The summed E-state index contributed by atoms with van der Waals surface area (Å²) in [6, 6.07) is 8.78. The monoisotopic (exact) mass is 361 g/mol. The van der Waals surface area contributed by atoms with Crippen LogP contribution < -0.4 is 4.90 Å². The Morgan fingerprint density at radius 3 is 2.00 bits per heavy atom. The number of ether oxygens (including phenoxy) is 2. The molecule has 0 heterocycles. The molecule has 2 rings (SSSR count). The third-order valence-electron chi connectivity index (χ3n) is 4.64. The van der Waals surface area contributed by atoms with E-state index in [0.717, 1.165) is 44.2 Å².